The molecule has 2 N–H and O–H groups in total. The molecule has 4 nitrogen and oxygen atoms in total. The van der Waals surface area contributed by atoms with E-state index in [1.165, 1.54) is 32.1 Å². The van der Waals surface area contributed by atoms with E-state index in [0.717, 1.165) is 18.9 Å². The van der Waals surface area contributed by atoms with Gasteiger partial charge in [-0.1, -0.05) is 12.8 Å². The van der Waals surface area contributed by atoms with Gasteiger partial charge in [-0.3, -0.25) is 9.59 Å². The Kier molecular flexibility index (Phi) is 3.06. The van der Waals surface area contributed by atoms with E-state index in [1.807, 2.05) is 0 Å². The minimum Gasteiger partial charge on any atom is -0.481 e. The lowest BCUT2D eigenvalue weighted by molar-refractivity contribution is -0.157. The predicted octanol–water partition coefficient (Wildman–Crippen LogP) is 2.33. The van der Waals surface area contributed by atoms with Gasteiger partial charge in [-0.05, 0) is 49.9 Å². The third-order valence-corrected chi connectivity index (χ3v) is 5.69. The molecule has 0 aliphatic heterocycles. The molecule has 3 rings (SSSR count). The van der Waals surface area contributed by atoms with Gasteiger partial charge in [-0.15, -0.1) is 0 Å². The van der Waals surface area contributed by atoms with E-state index in [2.05, 4.69) is 5.32 Å². The van der Waals surface area contributed by atoms with Crippen molar-refractivity contribution in [2.45, 2.75) is 57.8 Å². The number of carbonyl (C=O) groups excluding carboxylic acids is 1. The summed E-state index contributed by atoms with van der Waals surface area (Å²) < 4.78 is 0. The van der Waals surface area contributed by atoms with Gasteiger partial charge < -0.3 is 10.4 Å². The van der Waals surface area contributed by atoms with E-state index in [-0.39, 0.29) is 12.3 Å². The topological polar surface area (TPSA) is 66.4 Å². The minimum absolute atomic E-state index is 0.0611. The van der Waals surface area contributed by atoms with Crippen LogP contribution < -0.4 is 5.32 Å². The van der Waals surface area contributed by atoms with Gasteiger partial charge in [-0.2, -0.15) is 0 Å². The second-order valence-corrected chi connectivity index (χ2v) is 6.88. The van der Waals surface area contributed by atoms with Crippen molar-refractivity contribution >= 4 is 11.9 Å². The monoisotopic (exact) mass is 265 g/mol. The van der Waals surface area contributed by atoms with Gasteiger partial charge >= 0.3 is 5.97 Å². The highest BCUT2D eigenvalue weighted by Gasteiger charge is 2.50. The first kappa shape index (κ1) is 12.9. The highest BCUT2D eigenvalue weighted by Crippen LogP contribution is 2.56. The van der Waals surface area contributed by atoms with Crippen molar-refractivity contribution in [3.05, 3.63) is 0 Å². The van der Waals surface area contributed by atoms with E-state index in [1.54, 1.807) is 0 Å². The van der Waals surface area contributed by atoms with Crippen LogP contribution in [0.4, 0.5) is 0 Å². The van der Waals surface area contributed by atoms with Crippen molar-refractivity contribution in [2.24, 2.45) is 16.7 Å². The Balaban J connectivity index is 1.50. The van der Waals surface area contributed by atoms with E-state index < -0.39 is 11.4 Å². The number of hydrogen-bond donors (Lipinski definition) is 2. The highest BCUT2D eigenvalue weighted by molar-refractivity contribution is 5.85. The van der Waals surface area contributed by atoms with Gasteiger partial charge in [0.1, 0.15) is 0 Å². The quantitative estimate of drug-likeness (QED) is 0.774. The SMILES string of the molecule is O=C(CC1(C(=O)O)CCC1)NCC1(C2CC2)CCC1. The normalized spacial score (nSPS) is 26.9. The minimum atomic E-state index is -0.797. The van der Waals surface area contributed by atoms with Crippen molar-refractivity contribution in [3.63, 3.8) is 0 Å². The number of hydrogen-bond acceptors (Lipinski definition) is 2. The molecule has 0 unspecified atom stereocenters. The van der Waals surface area contributed by atoms with Gasteiger partial charge in [0, 0.05) is 13.0 Å². The molecule has 106 valence electrons. The predicted molar refractivity (Wildman–Crippen MR) is 70.6 cm³/mol. The maximum Gasteiger partial charge on any atom is 0.310 e. The molecule has 0 spiro atoms. The van der Waals surface area contributed by atoms with E-state index in [9.17, 15) is 14.7 Å². The Labute approximate surface area is 113 Å². The summed E-state index contributed by atoms with van der Waals surface area (Å²) >= 11 is 0. The molecule has 0 radical (unpaired) electrons. The van der Waals surface area contributed by atoms with Crippen LogP contribution in [0.1, 0.15) is 57.8 Å². The molecule has 0 aromatic heterocycles. The zero-order chi connectivity index (χ0) is 13.5. The van der Waals surface area contributed by atoms with E-state index in [0.29, 0.717) is 18.3 Å². The average molecular weight is 265 g/mol. The Morgan fingerprint density at radius 3 is 2.11 bits per heavy atom. The van der Waals surface area contributed by atoms with Gasteiger partial charge in [0.05, 0.1) is 5.41 Å². The van der Waals surface area contributed by atoms with Crippen molar-refractivity contribution in [1.29, 1.82) is 0 Å². The van der Waals surface area contributed by atoms with Crippen LogP contribution in [0.3, 0.4) is 0 Å². The number of rotatable bonds is 6. The van der Waals surface area contributed by atoms with Crippen LogP contribution in [-0.2, 0) is 9.59 Å². The largest absolute Gasteiger partial charge is 0.481 e. The van der Waals surface area contributed by atoms with Crippen LogP contribution in [0, 0.1) is 16.7 Å². The Hall–Kier alpha value is -1.06. The van der Waals surface area contributed by atoms with Crippen LogP contribution >= 0.6 is 0 Å². The fraction of sp³-hybridized carbons (Fsp3) is 0.867. The fourth-order valence-corrected chi connectivity index (χ4v) is 3.77. The first-order valence-electron chi connectivity index (χ1n) is 7.57. The van der Waals surface area contributed by atoms with Crippen LogP contribution in [0.2, 0.25) is 0 Å². The second-order valence-electron chi connectivity index (χ2n) is 6.88. The first-order chi connectivity index (χ1) is 9.06. The zero-order valence-corrected chi connectivity index (χ0v) is 11.4. The van der Waals surface area contributed by atoms with E-state index >= 15 is 0 Å². The summed E-state index contributed by atoms with van der Waals surface area (Å²) in [6.07, 6.45) is 8.81. The molecular weight excluding hydrogens is 242 g/mol. The number of aliphatic carboxylic acids is 1. The summed E-state index contributed by atoms with van der Waals surface area (Å²) in [4.78, 5) is 23.3. The number of carboxylic acid groups (broad SMARTS) is 1. The molecule has 0 aromatic rings. The maximum atomic E-state index is 12.0. The van der Waals surface area contributed by atoms with Crippen molar-refractivity contribution < 1.29 is 14.7 Å². The van der Waals surface area contributed by atoms with Crippen LogP contribution in [-0.4, -0.2) is 23.5 Å². The summed E-state index contributed by atoms with van der Waals surface area (Å²) in [6.45, 7) is 0.770. The molecule has 0 aromatic carbocycles. The fourth-order valence-electron chi connectivity index (χ4n) is 3.77. The second kappa shape index (κ2) is 4.50. The Morgan fingerprint density at radius 1 is 1.11 bits per heavy atom. The molecule has 0 saturated heterocycles. The first-order valence-corrected chi connectivity index (χ1v) is 7.57. The van der Waals surface area contributed by atoms with Gasteiger partial charge in [-0.25, -0.2) is 0 Å². The lowest BCUT2D eigenvalue weighted by atomic mass is 9.64. The Bertz CT molecular complexity index is 392. The molecule has 3 aliphatic rings. The summed E-state index contributed by atoms with van der Waals surface area (Å²) in [5.41, 5.74) is -0.387. The molecule has 0 atom stereocenters. The molecular formula is C15H23NO3. The number of carbonyl (C=O) groups is 2. The standard InChI is InChI=1S/C15H23NO3/c17-12(9-14(13(18)19)5-1-6-14)16-10-15(7-2-8-15)11-3-4-11/h11H,1-10H2,(H,16,17)(H,18,19). The molecule has 3 fully saturated rings. The van der Waals surface area contributed by atoms with Crippen molar-refractivity contribution in [2.75, 3.05) is 6.54 Å². The lowest BCUT2D eigenvalue weighted by Gasteiger charge is -2.43. The van der Waals surface area contributed by atoms with Crippen molar-refractivity contribution in [1.82, 2.24) is 5.32 Å². The van der Waals surface area contributed by atoms with Crippen LogP contribution in [0.5, 0.6) is 0 Å². The Morgan fingerprint density at radius 2 is 1.74 bits per heavy atom. The zero-order valence-electron chi connectivity index (χ0n) is 11.4. The summed E-state index contributed by atoms with van der Waals surface area (Å²) in [6, 6.07) is 0. The third-order valence-electron chi connectivity index (χ3n) is 5.69. The van der Waals surface area contributed by atoms with Crippen LogP contribution in [0.15, 0.2) is 0 Å². The molecule has 3 aliphatic carbocycles. The molecule has 4 heteroatoms. The number of carboxylic acids is 1. The number of amides is 1. The van der Waals surface area contributed by atoms with Gasteiger partial charge in [0.25, 0.3) is 0 Å². The third kappa shape index (κ3) is 2.26. The summed E-state index contributed by atoms with van der Waals surface area (Å²) in [5, 5.41) is 12.3. The summed E-state index contributed by atoms with van der Waals surface area (Å²) in [7, 11) is 0. The van der Waals surface area contributed by atoms with E-state index in [4.69, 9.17) is 0 Å². The van der Waals surface area contributed by atoms with Gasteiger partial charge in [0.2, 0.25) is 5.91 Å². The number of nitrogens with one attached hydrogen (secondary N) is 1. The van der Waals surface area contributed by atoms with Crippen LogP contribution in [0.25, 0.3) is 0 Å². The summed E-state index contributed by atoms with van der Waals surface area (Å²) in [5.74, 6) is -0.0397. The van der Waals surface area contributed by atoms with Gasteiger partial charge in [0.15, 0.2) is 0 Å². The molecule has 1 amide bonds. The molecule has 3 saturated carbocycles. The smallest absolute Gasteiger partial charge is 0.310 e. The maximum absolute atomic E-state index is 12.0. The highest BCUT2D eigenvalue weighted by atomic mass is 16.4. The molecule has 0 heterocycles. The van der Waals surface area contributed by atoms with Crippen molar-refractivity contribution in [3.8, 4) is 0 Å². The molecule has 19 heavy (non-hydrogen) atoms. The molecule has 0 bridgehead atoms. The lowest BCUT2D eigenvalue weighted by Crippen LogP contribution is -2.47. The average Bonchev–Trinajstić information content (AvgIpc) is 3.05.